The van der Waals surface area contributed by atoms with E-state index in [9.17, 15) is 21.6 Å². The average Bonchev–Trinajstić information content (AvgIpc) is 3.55. The van der Waals surface area contributed by atoms with E-state index in [-0.39, 0.29) is 34.0 Å². The van der Waals surface area contributed by atoms with Gasteiger partial charge in [0.05, 0.1) is 4.90 Å². The Morgan fingerprint density at radius 3 is 2.45 bits per heavy atom. The number of nitrogens with zero attached hydrogens (tertiary/aromatic N) is 4. The van der Waals surface area contributed by atoms with Crippen molar-refractivity contribution in [1.29, 1.82) is 0 Å². The lowest BCUT2D eigenvalue weighted by Gasteiger charge is -2.13. The van der Waals surface area contributed by atoms with E-state index in [2.05, 4.69) is 30.6 Å². The Labute approximate surface area is 188 Å². The van der Waals surface area contributed by atoms with Crippen molar-refractivity contribution in [3.8, 4) is 11.5 Å². The van der Waals surface area contributed by atoms with Crippen molar-refractivity contribution in [1.82, 2.24) is 19.9 Å². The zero-order valence-electron chi connectivity index (χ0n) is 17.8. The second-order valence-electron chi connectivity index (χ2n) is 8.00. The van der Waals surface area contributed by atoms with Crippen LogP contribution in [0, 0.1) is 11.7 Å². The van der Waals surface area contributed by atoms with Gasteiger partial charge in [0.25, 0.3) is 5.92 Å². The van der Waals surface area contributed by atoms with Crippen LogP contribution in [-0.4, -0.2) is 41.2 Å². The second kappa shape index (κ2) is 8.58. The molecule has 1 saturated carbocycles. The Bertz CT molecular complexity index is 1290. The monoisotopic (exact) mass is 478 g/mol. The van der Waals surface area contributed by atoms with E-state index in [1.165, 1.54) is 24.3 Å². The number of pyridine rings is 1. The van der Waals surface area contributed by atoms with Crippen molar-refractivity contribution in [2.24, 2.45) is 5.92 Å². The molecule has 4 rings (SSSR count). The number of hydrogen-bond acceptors (Lipinski definition) is 8. The summed E-state index contributed by atoms with van der Waals surface area (Å²) in [6, 6.07) is 7.36. The lowest BCUT2D eigenvalue weighted by molar-refractivity contribution is 0.0129. The van der Waals surface area contributed by atoms with Gasteiger partial charge in [-0.25, -0.2) is 17.8 Å². The van der Waals surface area contributed by atoms with Gasteiger partial charge < -0.3 is 10.6 Å². The highest BCUT2D eigenvalue weighted by Crippen LogP contribution is 2.30. The number of aromatic nitrogens is 4. The maximum atomic E-state index is 14.0. The largest absolute Gasteiger partial charge is 0.354 e. The van der Waals surface area contributed by atoms with Gasteiger partial charge in [0.2, 0.25) is 11.9 Å². The molecule has 0 aliphatic heterocycles. The molecule has 174 valence electrons. The predicted molar refractivity (Wildman–Crippen MR) is 117 cm³/mol. The van der Waals surface area contributed by atoms with E-state index < -0.39 is 27.3 Å². The van der Waals surface area contributed by atoms with Gasteiger partial charge in [-0.1, -0.05) is 6.07 Å². The van der Waals surface area contributed by atoms with E-state index >= 15 is 0 Å². The Hall–Kier alpha value is -3.28. The van der Waals surface area contributed by atoms with E-state index in [0.29, 0.717) is 12.5 Å². The van der Waals surface area contributed by atoms with Crippen molar-refractivity contribution in [3.05, 3.63) is 47.9 Å². The summed E-state index contributed by atoms with van der Waals surface area (Å²) in [4.78, 5) is 16.5. The van der Waals surface area contributed by atoms with E-state index in [1.807, 2.05) is 0 Å². The van der Waals surface area contributed by atoms with Crippen molar-refractivity contribution in [2.45, 2.75) is 30.6 Å². The van der Waals surface area contributed by atoms with Gasteiger partial charge in [0, 0.05) is 25.4 Å². The Morgan fingerprint density at radius 2 is 1.79 bits per heavy atom. The molecule has 0 unspecified atom stereocenters. The second-order valence-corrected chi connectivity index (χ2v) is 10.0. The maximum Gasteiger partial charge on any atom is 0.286 e. The van der Waals surface area contributed by atoms with Gasteiger partial charge in [0.1, 0.15) is 17.2 Å². The molecular formula is C21H21F3N6O2S. The fourth-order valence-corrected chi connectivity index (χ4v) is 3.63. The molecule has 0 amide bonds. The topological polar surface area (TPSA) is 110 Å². The van der Waals surface area contributed by atoms with Crippen LogP contribution >= 0.6 is 0 Å². The molecule has 12 heteroatoms. The quantitative estimate of drug-likeness (QED) is 0.497. The first kappa shape index (κ1) is 22.9. The zero-order chi connectivity index (χ0) is 23.8. The summed E-state index contributed by atoms with van der Waals surface area (Å²) in [5.74, 6) is -3.23. The lowest BCUT2D eigenvalue weighted by Crippen LogP contribution is -2.12. The normalized spacial score (nSPS) is 14.2. The third kappa shape index (κ3) is 5.95. The summed E-state index contributed by atoms with van der Waals surface area (Å²) in [5.41, 5.74) is -0.238. The molecular weight excluding hydrogens is 457 g/mol. The molecule has 0 saturated heterocycles. The van der Waals surface area contributed by atoms with Crippen LogP contribution in [0.3, 0.4) is 0 Å². The highest BCUT2D eigenvalue weighted by molar-refractivity contribution is 7.90. The van der Waals surface area contributed by atoms with Crippen LogP contribution < -0.4 is 10.6 Å². The van der Waals surface area contributed by atoms with Crippen molar-refractivity contribution in [2.75, 3.05) is 23.4 Å². The van der Waals surface area contributed by atoms with Crippen molar-refractivity contribution < 1.29 is 21.6 Å². The molecule has 8 nitrogen and oxygen atoms in total. The Morgan fingerprint density at radius 1 is 1.06 bits per heavy atom. The molecule has 2 aromatic heterocycles. The molecule has 0 atom stereocenters. The Kier molecular flexibility index (Phi) is 5.95. The number of anilines is 3. The lowest BCUT2D eigenvalue weighted by atomic mass is 10.2. The number of benzene rings is 1. The van der Waals surface area contributed by atoms with Crippen LogP contribution in [0.4, 0.5) is 30.8 Å². The standard InChI is InChI=1S/C21H21F3N6O2S/c1-21(23,24)17-5-3-4-16(27-17)18-28-19(25-11-12-6-7-12)30-20(29-18)26-14-8-13(22)9-15(10-14)33(2,31)32/h3-5,8-10,12H,6-7,11H2,1-2H3,(H2,25,26,28,29,30). The Balaban J connectivity index is 1.72. The van der Waals surface area contributed by atoms with Crippen LogP contribution in [0.5, 0.6) is 0 Å². The number of halogens is 3. The minimum atomic E-state index is -3.66. The molecule has 0 bridgehead atoms. The molecule has 2 N–H and O–H groups in total. The van der Waals surface area contributed by atoms with E-state index in [1.54, 1.807) is 0 Å². The molecule has 3 aromatic rings. The minimum Gasteiger partial charge on any atom is -0.354 e. The highest BCUT2D eigenvalue weighted by atomic mass is 32.2. The van der Waals surface area contributed by atoms with Gasteiger partial charge in [-0.15, -0.1) is 0 Å². The average molecular weight is 479 g/mol. The predicted octanol–water partition coefficient (Wildman–Crippen LogP) is 4.15. The molecule has 1 aliphatic carbocycles. The van der Waals surface area contributed by atoms with Crippen LogP contribution in [0.1, 0.15) is 25.5 Å². The summed E-state index contributed by atoms with van der Waals surface area (Å²) < 4.78 is 65.2. The van der Waals surface area contributed by atoms with E-state index in [0.717, 1.165) is 38.2 Å². The summed E-state index contributed by atoms with van der Waals surface area (Å²) in [5, 5.41) is 5.86. The zero-order valence-corrected chi connectivity index (χ0v) is 18.6. The maximum absolute atomic E-state index is 14.0. The van der Waals surface area contributed by atoms with Crippen LogP contribution in [0.25, 0.3) is 11.5 Å². The van der Waals surface area contributed by atoms with Crippen molar-refractivity contribution >= 4 is 27.4 Å². The summed E-state index contributed by atoms with van der Waals surface area (Å²) in [7, 11) is -3.66. The van der Waals surface area contributed by atoms with Crippen molar-refractivity contribution in [3.63, 3.8) is 0 Å². The fourth-order valence-electron chi connectivity index (χ4n) is 2.96. The molecule has 1 fully saturated rings. The number of hydrogen-bond donors (Lipinski definition) is 2. The highest BCUT2D eigenvalue weighted by Gasteiger charge is 2.27. The first-order valence-electron chi connectivity index (χ1n) is 10.1. The number of alkyl halides is 2. The summed E-state index contributed by atoms with van der Waals surface area (Å²) in [6.07, 6.45) is 3.14. The smallest absolute Gasteiger partial charge is 0.286 e. The SMILES string of the molecule is CC(F)(F)c1cccc(-c2nc(NCC3CC3)nc(Nc3cc(F)cc(S(C)(=O)=O)c3)n2)n1. The van der Waals surface area contributed by atoms with Crippen LogP contribution in [0.2, 0.25) is 0 Å². The van der Waals surface area contributed by atoms with Crippen LogP contribution in [-0.2, 0) is 15.8 Å². The van der Waals surface area contributed by atoms with Crippen LogP contribution in [0.15, 0.2) is 41.3 Å². The molecule has 0 radical (unpaired) electrons. The minimum absolute atomic E-state index is 0.0247. The summed E-state index contributed by atoms with van der Waals surface area (Å²) >= 11 is 0. The number of sulfone groups is 1. The molecule has 2 heterocycles. The fraction of sp³-hybridized carbons (Fsp3) is 0.333. The first-order chi connectivity index (χ1) is 15.5. The molecule has 0 spiro atoms. The number of rotatable bonds is 8. The third-order valence-electron chi connectivity index (χ3n) is 4.86. The van der Waals surface area contributed by atoms with E-state index in [4.69, 9.17) is 0 Å². The van der Waals surface area contributed by atoms with Gasteiger partial charge in [-0.2, -0.15) is 23.7 Å². The third-order valence-corrected chi connectivity index (χ3v) is 5.96. The van der Waals surface area contributed by atoms with Gasteiger partial charge in [-0.3, -0.25) is 0 Å². The molecule has 33 heavy (non-hydrogen) atoms. The summed E-state index contributed by atoms with van der Waals surface area (Å²) in [6.45, 7) is 1.37. The number of nitrogens with one attached hydrogen (secondary N) is 2. The van der Waals surface area contributed by atoms with Gasteiger partial charge in [0.15, 0.2) is 15.7 Å². The van der Waals surface area contributed by atoms with Gasteiger partial charge >= 0.3 is 0 Å². The first-order valence-corrected chi connectivity index (χ1v) is 12.0. The molecule has 1 aliphatic rings. The van der Waals surface area contributed by atoms with Gasteiger partial charge in [-0.05, 0) is 49.1 Å². The molecule has 1 aromatic carbocycles.